The number of anilines is 2. The molecule has 3 aromatic carbocycles. The van der Waals surface area contributed by atoms with E-state index in [1.54, 1.807) is 36.4 Å². The number of amides is 2. The highest BCUT2D eigenvalue weighted by Crippen LogP contribution is 2.24. The molecule has 27 heavy (non-hydrogen) atoms. The van der Waals surface area contributed by atoms with Crippen molar-refractivity contribution >= 4 is 23.2 Å². The maximum atomic E-state index is 12.3. The van der Waals surface area contributed by atoms with Gasteiger partial charge in [0.25, 0.3) is 0 Å². The van der Waals surface area contributed by atoms with Gasteiger partial charge in [-0.25, -0.2) is 0 Å². The van der Waals surface area contributed by atoms with Crippen LogP contribution in [0.2, 0.25) is 0 Å². The van der Waals surface area contributed by atoms with E-state index in [2.05, 4.69) is 5.32 Å². The third-order valence-electron chi connectivity index (χ3n) is 3.87. The van der Waals surface area contributed by atoms with Crippen LogP contribution in [0, 0.1) is 0 Å². The van der Waals surface area contributed by atoms with Crippen molar-refractivity contribution in [2.24, 2.45) is 0 Å². The lowest BCUT2D eigenvalue weighted by molar-refractivity contribution is -0.120. The Hall–Kier alpha value is -3.60. The maximum absolute atomic E-state index is 12.3. The summed E-state index contributed by atoms with van der Waals surface area (Å²) in [5.74, 6) is 0.911. The molecular formula is C22H20N2O3. The average molecular weight is 360 g/mol. The molecule has 5 nitrogen and oxygen atoms in total. The number of hydrogen-bond acceptors (Lipinski definition) is 3. The highest BCUT2D eigenvalue weighted by atomic mass is 16.5. The zero-order valence-electron chi connectivity index (χ0n) is 15.0. The van der Waals surface area contributed by atoms with Crippen molar-refractivity contribution in [2.45, 2.75) is 6.92 Å². The summed E-state index contributed by atoms with van der Waals surface area (Å²) in [6.45, 7) is 1.37. The topological polar surface area (TPSA) is 58.6 Å². The summed E-state index contributed by atoms with van der Waals surface area (Å²) in [7, 11) is 0. The Morgan fingerprint density at radius 1 is 0.815 bits per heavy atom. The summed E-state index contributed by atoms with van der Waals surface area (Å²) in [4.78, 5) is 25.7. The summed E-state index contributed by atoms with van der Waals surface area (Å²) < 4.78 is 5.75. The van der Waals surface area contributed by atoms with Gasteiger partial charge in [0.1, 0.15) is 18.0 Å². The number of rotatable bonds is 6. The molecule has 0 aliphatic heterocycles. The molecule has 0 aliphatic rings. The Bertz CT molecular complexity index is 894. The molecule has 0 fully saturated rings. The summed E-state index contributed by atoms with van der Waals surface area (Å²) in [6, 6.07) is 25.6. The van der Waals surface area contributed by atoms with Crippen molar-refractivity contribution in [1.82, 2.24) is 0 Å². The molecule has 0 spiro atoms. The van der Waals surface area contributed by atoms with E-state index in [4.69, 9.17) is 4.74 Å². The van der Waals surface area contributed by atoms with E-state index in [1.165, 1.54) is 11.8 Å². The number of nitrogens with one attached hydrogen (secondary N) is 1. The second kappa shape index (κ2) is 8.67. The van der Waals surface area contributed by atoms with E-state index < -0.39 is 0 Å². The molecule has 0 aromatic heterocycles. The molecule has 0 saturated carbocycles. The fraction of sp³-hybridized carbons (Fsp3) is 0.0909. The molecule has 0 atom stereocenters. The van der Waals surface area contributed by atoms with Gasteiger partial charge in [0.2, 0.25) is 11.8 Å². The third kappa shape index (κ3) is 5.19. The summed E-state index contributed by atoms with van der Waals surface area (Å²) in [5.41, 5.74) is 1.32. The third-order valence-corrected chi connectivity index (χ3v) is 3.87. The number of carbonyl (C=O) groups excluding carboxylic acids is 2. The molecule has 0 heterocycles. The minimum absolute atomic E-state index is 0.0664. The maximum Gasteiger partial charge on any atom is 0.244 e. The molecule has 3 rings (SSSR count). The van der Waals surface area contributed by atoms with Crippen molar-refractivity contribution in [3.8, 4) is 11.5 Å². The zero-order chi connectivity index (χ0) is 19.1. The smallest absolute Gasteiger partial charge is 0.244 e. The van der Waals surface area contributed by atoms with E-state index in [0.717, 1.165) is 5.75 Å². The van der Waals surface area contributed by atoms with Gasteiger partial charge in [0.05, 0.1) is 0 Å². The van der Waals surface area contributed by atoms with Gasteiger partial charge in [0, 0.05) is 18.3 Å². The van der Waals surface area contributed by atoms with Crippen LogP contribution in [0.3, 0.4) is 0 Å². The molecule has 1 N–H and O–H groups in total. The van der Waals surface area contributed by atoms with E-state index in [1.807, 2.05) is 48.5 Å². The molecule has 0 radical (unpaired) electrons. The van der Waals surface area contributed by atoms with Crippen LogP contribution in [0.1, 0.15) is 6.92 Å². The normalized spacial score (nSPS) is 10.1. The van der Waals surface area contributed by atoms with Gasteiger partial charge in [0.15, 0.2) is 0 Å². The fourth-order valence-electron chi connectivity index (χ4n) is 2.57. The van der Waals surface area contributed by atoms with Gasteiger partial charge in [-0.15, -0.1) is 0 Å². The number of hydrogen-bond donors (Lipinski definition) is 1. The lowest BCUT2D eigenvalue weighted by atomic mass is 10.2. The average Bonchev–Trinajstić information content (AvgIpc) is 2.68. The number of nitrogens with zero attached hydrogens (tertiary/aromatic N) is 1. The molecule has 0 bridgehead atoms. The van der Waals surface area contributed by atoms with Crippen LogP contribution in [-0.2, 0) is 9.59 Å². The first kappa shape index (κ1) is 18.2. The first-order chi connectivity index (χ1) is 13.1. The van der Waals surface area contributed by atoms with Crippen LogP contribution in [0.25, 0.3) is 0 Å². The summed E-state index contributed by atoms with van der Waals surface area (Å²) in [6.07, 6.45) is 0. The molecular weight excluding hydrogens is 340 g/mol. The monoisotopic (exact) mass is 360 g/mol. The molecule has 2 amide bonds. The number of para-hydroxylation sites is 2. The number of carbonyl (C=O) groups is 2. The van der Waals surface area contributed by atoms with E-state index in [0.29, 0.717) is 17.1 Å². The van der Waals surface area contributed by atoms with Crippen molar-refractivity contribution in [1.29, 1.82) is 0 Å². The molecule has 3 aromatic rings. The molecule has 0 aliphatic carbocycles. The molecule has 5 heteroatoms. The minimum Gasteiger partial charge on any atom is -0.457 e. The van der Waals surface area contributed by atoms with Gasteiger partial charge in [-0.05, 0) is 48.5 Å². The highest BCUT2D eigenvalue weighted by Gasteiger charge is 2.16. The summed E-state index contributed by atoms with van der Waals surface area (Å²) in [5, 5.41) is 2.78. The Balaban J connectivity index is 1.67. The lowest BCUT2D eigenvalue weighted by Gasteiger charge is -2.21. The van der Waals surface area contributed by atoms with Gasteiger partial charge in [-0.2, -0.15) is 0 Å². The second-order valence-electron chi connectivity index (χ2n) is 5.93. The van der Waals surface area contributed by atoms with Crippen molar-refractivity contribution in [3.63, 3.8) is 0 Å². The highest BCUT2D eigenvalue weighted by molar-refractivity contribution is 6.01. The van der Waals surface area contributed by atoms with Crippen LogP contribution >= 0.6 is 0 Å². The Morgan fingerprint density at radius 3 is 1.96 bits per heavy atom. The largest absolute Gasteiger partial charge is 0.457 e. The number of benzene rings is 3. The van der Waals surface area contributed by atoms with Crippen LogP contribution in [-0.4, -0.2) is 18.4 Å². The lowest BCUT2D eigenvalue weighted by Crippen LogP contribution is -2.36. The quantitative estimate of drug-likeness (QED) is 0.705. The van der Waals surface area contributed by atoms with Crippen molar-refractivity contribution in [3.05, 3.63) is 84.9 Å². The molecule has 136 valence electrons. The standard InChI is InChI=1S/C22H20N2O3/c1-17(25)24(16-22(26)23-18-8-4-2-5-9-18)19-12-14-21(15-13-19)27-20-10-6-3-7-11-20/h2-15H,16H2,1H3,(H,23,26). The van der Waals surface area contributed by atoms with Crippen LogP contribution in [0.15, 0.2) is 84.9 Å². The molecule has 0 saturated heterocycles. The van der Waals surface area contributed by atoms with Crippen LogP contribution in [0.4, 0.5) is 11.4 Å². The van der Waals surface area contributed by atoms with E-state index >= 15 is 0 Å². The van der Waals surface area contributed by atoms with Crippen molar-refractivity contribution < 1.29 is 14.3 Å². The van der Waals surface area contributed by atoms with Crippen LogP contribution in [0.5, 0.6) is 11.5 Å². The van der Waals surface area contributed by atoms with Crippen LogP contribution < -0.4 is 15.0 Å². The predicted octanol–water partition coefficient (Wildman–Crippen LogP) is 4.47. The van der Waals surface area contributed by atoms with E-state index in [9.17, 15) is 9.59 Å². The SMILES string of the molecule is CC(=O)N(CC(=O)Nc1ccccc1)c1ccc(Oc2ccccc2)cc1. The Morgan fingerprint density at radius 2 is 1.37 bits per heavy atom. The zero-order valence-corrected chi connectivity index (χ0v) is 15.0. The predicted molar refractivity (Wildman–Crippen MR) is 106 cm³/mol. The van der Waals surface area contributed by atoms with Gasteiger partial charge >= 0.3 is 0 Å². The van der Waals surface area contributed by atoms with Gasteiger partial charge < -0.3 is 15.0 Å². The summed E-state index contributed by atoms with van der Waals surface area (Å²) >= 11 is 0. The van der Waals surface area contributed by atoms with Crippen molar-refractivity contribution in [2.75, 3.05) is 16.8 Å². The van der Waals surface area contributed by atoms with Gasteiger partial charge in [-0.1, -0.05) is 36.4 Å². The Kier molecular flexibility index (Phi) is 5.84. The minimum atomic E-state index is -0.263. The van der Waals surface area contributed by atoms with Gasteiger partial charge in [-0.3, -0.25) is 9.59 Å². The number of ether oxygens (including phenoxy) is 1. The first-order valence-corrected chi connectivity index (χ1v) is 8.58. The first-order valence-electron chi connectivity index (χ1n) is 8.58. The Labute approximate surface area is 158 Å². The second-order valence-corrected chi connectivity index (χ2v) is 5.93. The molecule has 0 unspecified atom stereocenters. The van der Waals surface area contributed by atoms with E-state index in [-0.39, 0.29) is 18.4 Å². The fourth-order valence-corrected chi connectivity index (χ4v) is 2.57.